The summed E-state index contributed by atoms with van der Waals surface area (Å²) in [4.78, 5) is 19.9. The zero-order valence-electron chi connectivity index (χ0n) is 11.2. The molecule has 20 heavy (non-hydrogen) atoms. The lowest BCUT2D eigenvalue weighted by Crippen LogP contribution is -2.38. The lowest BCUT2D eigenvalue weighted by Gasteiger charge is -2.28. The molecular formula is C13H16N4O3. The van der Waals surface area contributed by atoms with Crippen LogP contribution in [0, 0.1) is 6.92 Å². The highest BCUT2D eigenvalue weighted by atomic mass is 16.5. The molecule has 2 N–H and O–H groups in total. The predicted octanol–water partition coefficient (Wildman–Crippen LogP) is 2.23. The summed E-state index contributed by atoms with van der Waals surface area (Å²) in [6.45, 7) is 2.98. The van der Waals surface area contributed by atoms with E-state index >= 15 is 0 Å². The maximum Gasteiger partial charge on any atom is 0.407 e. The van der Waals surface area contributed by atoms with Crippen molar-refractivity contribution in [1.29, 1.82) is 0 Å². The van der Waals surface area contributed by atoms with Crippen LogP contribution in [-0.4, -0.2) is 44.3 Å². The van der Waals surface area contributed by atoms with Gasteiger partial charge in [-0.2, -0.15) is 4.98 Å². The van der Waals surface area contributed by atoms with E-state index in [0.29, 0.717) is 24.8 Å². The van der Waals surface area contributed by atoms with Crippen LogP contribution in [0.15, 0.2) is 16.8 Å². The minimum atomic E-state index is -0.890. The van der Waals surface area contributed by atoms with Crippen LogP contribution in [0.1, 0.15) is 30.1 Å². The van der Waals surface area contributed by atoms with E-state index < -0.39 is 6.09 Å². The molecule has 0 radical (unpaired) electrons. The van der Waals surface area contributed by atoms with Gasteiger partial charge in [0.05, 0.1) is 0 Å². The van der Waals surface area contributed by atoms with Crippen LogP contribution in [-0.2, 0) is 0 Å². The van der Waals surface area contributed by atoms with Crippen molar-refractivity contribution in [2.24, 2.45) is 0 Å². The second-order valence-electron chi connectivity index (χ2n) is 5.12. The minimum absolute atomic E-state index is 0.00779. The number of piperidine rings is 1. The normalized spacial score (nSPS) is 19.2. The fraction of sp³-hybridized carbons (Fsp3) is 0.462. The molecule has 1 aliphatic rings. The van der Waals surface area contributed by atoms with Gasteiger partial charge in [-0.3, -0.25) is 0 Å². The summed E-state index contributed by atoms with van der Waals surface area (Å²) in [5.74, 6) is 1.03. The minimum Gasteiger partial charge on any atom is -0.465 e. The van der Waals surface area contributed by atoms with Crippen molar-refractivity contribution in [2.45, 2.75) is 25.7 Å². The van der Waals surface area contributed by atoms with Gasteiger partial charge in [0, 0.05) is 25.2 Å². The summed E-state index contributed by atoms with van der Waals surface area (Å²) >= 11 is 0. The van der Waals surface area contributed by atoms with Gasteiger partial charge in [-0.05, 0) is 31.4 Å². The first-order chi connectivity index (χ1) is 9.63. The highest BCUT2D eigenvalue weighted by Gasteiger charge is 2.28. The third kappa shape index (κ3) is 2.38. The molecule has 0 aromatic carbocycles. The van der Waals surface area contributed by atoms with Gasteiger partial charge in [0.15, 0.2) is 5.82 Å². The molecule has 0 aliphatic carbocycles. The lowest BCUT2D eigenvalue weighted by atomic mass is 9.98. The van der Waals surface area contributed by atoms with Crippen LogP contribution in [0.3, 0.4) is 0 Å². The van der Waals surface area contributed by atoms with Gasteiger partial charge in [0.25, 0.3) is 5.89 Å². The Morgan fingerprint density at radius 2 is 2.45 bits per heavy atom. The first-order valence-electron chi connectivity index (χ1n) is 6.60. The van der Waals surface area contributed by atoms with Gasteiger partial charge in [-0.1, -0.05) is 5.16 Å². The Hall–Kier alpha value is -2.31. The zero-order valence-corrected chi connectivity index (χ0v) is 11.2. The molecule has 7 heteroatoms. The summed E-state index contributed by atoms with van der Waals surface area (Å²) in [7, 11) is 0. The van der Waals surface area contributed by atoms with Crippen LogP contribution in [0.2, 0.25) is 0 Å². The first kappa shape index (κ1) is 12.7. The van der Waals surface area contributed by atoms with E-state index in [1.54, 1.807) is 0 Å². The summed E-state index contributed by atoms with van der Waals surface area (Å²) in [5.41, 5.74) is 1.88. The lowest BCUT2D eigenvalue weighted by molar-refractivity contribution is 0.129. The first-order valence-corrected chi connectivity index (χ1v) is 6.60. The van der Waals surface area contributed by atoms with E-state index in [9.17, 15) is 4.79 Å². The molecule has 3 heterocycles. The number of aromatic amines is 1. The largest absolute Gasteiger partial charge is 0.465 e. The van der Waals surface area contributed by atoms with Gasteiger partial charge in [-0.25, -0.2) is 4.79 Å². The number of carboxylic acid groups (broad SMARTS) is 1. The smallest absolute Gasteiger partial charge is 0.407 e. The van der Waals surface area contributed by atoms with Crippen LogP contribution < -0.4 is 0 Å². The Labute approximate surface area is 115 Å². The molecule has 0 bridgehead atoms. The molecule has 1 fully saturated rings. The van der Waals surface area contributed by atoms with E-state index in [1.165, 1.54) is 4.90 Å². The van der Waals surface area contributed by atoms with Crippen LogP contribution in [0.25, 0.3) is 11.6 Å². The Bertz CT molecular complexity index is 619. The van der Waals surface area contributed by atoms with E-state index in [4.69, 9.17) is 9.63 Å². The molecular weight excluding hydrogens is 260 g/mol. The Morgan fingerprint density at radius 1 is 1.60 bits per heavy atom. The molecule has 3 rings (SSSR count). The predicted molar refractivity (Wildman–Crippen MR) is 70.4 cm³/mol. The second-order valence-corrected chi connectivity index (χ2v) is 5.12. The molecule has 2 aromatic rings. The van der Waals surface area contributed by atoms with Gasteiger partial charge in [0.1, 0.15) is 5.69 Å². The second kappa shape index (κ2) is 4.99. The van der Waals surface area contributed by atoms with Gasteiger partial charge in [-0.15, -0.1) is 0 Å². The van der Waals surface area contributed by atoms with E-state index in [-0.39, 0.29) is 5.92 Å². The van der Waals surface area contributed by atoms with Crippen molar-refractivity contribution in [2.75, 3.05) is 13.1 Å². The van der Waals surface area contributed by atoms with Crippen molar-refractivity contribution < 1.29 is 14.4 Å². The quantitative estimate of drug-likeness (QED) is 0.877. The maximum absolute atomic E-state index is 11.0. The Kier molecular flexibility index (Phi) is 3.17. The molecule has 7 nitrogen and oxygen atoms in total. The Balaban J connectivity index is 1.78. The van der Waals surface area contributed by atoms with Crippen molar-refractivity contribution in [3.8, 4) is 11.6 Å². The van der Waals surface area contributed by atoms with Crippen molar-refractivity contribution in [1.82, 2.24) is 20.0 Å². The van der Waals surface area contributed by atoms with E-state index in [2.05, 4.69) is 15.1 Å². The van der Waals surface area contributed by atoms with Gasteiger partial charge in [0.2, 0.25) is 0 Å². The monoisotopic (exact) mass is 276 g/mol. The van der Waals surface area contributed by atoms with Crippen molar-refractivity contribution >= 4 is 6.09 Å². The summed E-state index contributed by atoms with van der Waals surface area (Å²) < 4.78 is 5.25. The molecule has 1 amide bonds. The number of likely N-dealkylation sites (tertiary alicyclic amines) is 1. The number of hydrogen-bond acceptors (Lipinski definition) is 4. The molecule has 1 saturated heterocycles. The number of nitrogens with zero attached hydrogens (tertiary/aromatic N) is 3. The highest BCUT2D eigenvalue weighted by molar-refractivity contribution is 5.65. The molecule has 0 spiro atoms. The standard InChI is InChI=1S/C13H16N4O3/c1-8-5-10(14-6-8)12-15-11(16-20-12)9-3-2-4-17(7-9)13(18)19/h5-6,9,14H,2-4,7H2,1H3,(H,18,19)/t9-/m0/s1. The molecule has 0 saturated carbocycles. The fourth-order valence-electron chi connectivity index (χ4n) is 2.50. The van der Waals surface area contributed by atoms with E-state index in [1.807, 2.05) is 19.2 Å². The van der Waals surface area contributed by atoms with Crippen molar-refractivity contribution in [3.05, 3.63) is 23.7 Å². The summed E-state index contributed by atoms with van der Waals surface area (Å²) in [6.07, 6.45) is 2.68. The molecule has 106 valence electrons. The topological polar surface area (TPSA) is 95.2 Å². The molecule has 1 aliphatic heterocycles. The zero-order chi connectivity index (χ0) is 14.1. The van der Waals surface area contributed by atoms with Gasteiger partial charge < -0.3 is 19.5 Å². The average Bonchev–Trinajstić information content (AvgIpc) is 3.07. The highest BCUT2D eigenvalue weighted by Crippen LogP contribution is 2.26. The third-order valence-electron chi connectivity index (χ3n) is 3.56. The third-order valence-corrected chi connectivity index (χ3v) is 3.56. The molecule has 2 aromatic heterocycles. The summed E-state index contributed by atoms with van der Waals surface area (Å²) in [5, 5.41) is 13.0. The van der Waals surface area contributed by atoms with Gasteiger partial charge >= 0.3 is 6.09 Å². The van der Waals surface area contributed by atoms with Crippen LogP contribution >= 0.6 is 0 Å². The van der Waals surface area contributed by atoms with Crippen molar-refractivity contribution in [3.63, 3.8) is 0 Å². The SMILES string of the molecule is Cc1c[nH]c(-c2nc([C@H]3CCCN(C(=O)O)C3)no2)c1. The number of hydrogen-bond donors (Lipinski definition) is 2. The number of aromatic nitrogens is 3. The molecule has 0 unspecified atom stereocenters. The number of nitrogens with one attached hydrogen (secondary N) is 1. The number of aryl methyl sites for hydroxylation is 1. The van der Waals surface area contributed by atoms with Crippen LogP contribution in [0.5, 0.6) is 0 Å². The number of carbonyl (C=O) groups is 1. The molecule has 1 atom stereocenters. The average molecular weight is 276 g/mol. The fourth-order valence-corrected chi connectivity index (χ4v) is 2.50. The number of amides is 1. The number of rotatable bonds is 2. The summed E-state index contributed by atoms with van der Waals surface area (Å²) in [6, 6.07) is 1.93. The Morgan fingerprint density at radius 3 is 3.15 bits per heavy atom. The number of H-pyrrole nitrogens is 1. The van der Waals surface area contributed by atoms with Crippen LogP contribution in [0.4, 0.5) is 4.79 Å². The maximum atomic E-state index is 11.0. The van der Waals surface area contributed by atoms with E-state index in [0.717, 1.165) is 24.1 Å².